The highest BCUT2D eigenvalue weighted by Crippen LogP contribution is 2.39. The van der Waals surface area contributed by atoms with Gasteiger partial charge < -0.3 is 15.2 Å². The van der Waals surface area contributed by atoms with E-state index in [9.17, 15) is 0 Å². The number of rotatable bonds is 5. The van der Waals surface area contributed by atoms with E-state index in [4.69, 9.17) is 15.2 Å². The van der Waals surface area contributed by atoms with Crippen LogP contribution in [0, 0.1) is 5.41 Å². The number of ether oxygens (including phenoxy) is 2. The predicted octanol–water partition coefficient (Wildman–Crippen LogP) is 2.83. The highest BCUT2D eigenvalue weighted by molar-refractivity contribution is 5.48. The fourth-order valence-corrected chi connectivity index (χ4v) is 3.09. The van der Waals surface area contributed by atoms with Crippen LogP contribution < -0.4 is 15.2 Å². The summed E-state index contributed by atoms with van der Waals surface area (Å²) in [6, 6.07) is 6.22. The first-order valence-corrected chi connectivity index (χ1v) is 7.67. The van der Waals surface area contributed by atoms with E-state index in [1.165, 1.54) is 12.8 Å². The summed E-state index contributed by atoms with van der Waals surface area (Å²) in [6.07, 6.45) is 2.41. The molecule has 1 aromatic rings. The highest BCUT2D eigenvalue weighted by atomic mass is 16.5. The Morgan fingerprint density at radius 1 is 1.19 bits per heavy atom. The molecule has 1 aromatic carbocycles. The molecule has 1 aliphatic heterocycles. The summed E-state index contributed by atoms with van der Waals surface area (Å²) in [4.78, 5) is 2.47. The van der Waals surface area contributed by atoms with Crippen LogP contribution in [0.4, 0.5) is 0 Å². The summed E-state index contributed by atoms with van der Waals surface area (Å²) in [5.74, 6) is 1.58. The molecule has 1 fully saturated rings. The Labute approximate surface area is 128 Å². The maximum Gasteiger partial charge on any atom is 0.165 e. The van der Waals surface area contributed by atoms with Gasteiger partial charge in [0.2, 0.25) is 0 Å². The largest absolute Gasteiger partial charge is 0.493 e. The number of methoxy groups -OCH3 is 2. The van der Waals surface area contributed by atoms with E-state index in [0.29, 0.717) is 12.0 Å². The molecule has 1 saturated heterocycles. The van der Waals surface area contributed by atoms with Gasteiger partial charge in [0.25, 0.3) is 0 Å². The molecular formula is C17H28N2O2. The van der Waals surface area contributed by atoms with Crippen LogP contribution in [-0.2, 0) is 0 Å². The van der Waals surface area contributed by atoms with Crippen molar-refractivity contribution in [2.75, 3.05) is 33.9 Å². The molecule has 0 spiro atoms. The monoisotopic (exact) mass is 292 g/mol. The van der Waals surface area contributed by atoms with Crippen molar-refractivity contribution in [2.45, 2.75) is 32.7 Å². The van der Waals surface area contributed by atoms with Crippen molar-refractivity contribution in [3.63, 3.8) is 0 Å². The Morgan fingerprint density at radius 2 is 1.86 bits per heavy atom. The van der Waals surface area contributed by atoms with Gasteiger partial charge in [-0.05, 0) is 37.4 Å². The lowest BCUT2D eigenvalue weighted by Crippen LogP contribution is -2.42. The van der Waals surface area contributed by atoms with Gasteiger partial charge in [-0.25, -0.2) is 0 Å². The molecule has 1 atom stereocenters. The van der Waals surface area contributed by atoms with Crippen molar-refractivity contribution in [1.82, 2.24) is 4.90 Å². The van der Waals surface area contributed by atoms with Gasteiger partial charge in [0.1, 0.15) is 0 Å². The normalized spacial score (nSPS) is 20.0. The molecule has 0 amide bonds. The smallest absolute Gasteiger partial charge is 0.165 e. The van der Waals surface area contributed by atoms with E-state index in [2.05, 4.69) is 24.8 Å². The third-order valence-electron chi connectivity index (χ3n) is 4.61. The maximum atomic E-state index is 6.08. The molecule has 4 heteroatoms. The Balaban J connectivity index is 2.26. The van der Waals surface area contributed by atoms with E-state index >= 15 is 0 Å². The zero-order valence-electron chi connectivity index (χ0n) is 13.7. The zero-order chi connectivity index (χ0) is 15.5. The lowest BCUT2D eigenvalue weighted by molar-refractivity contribution is 0.0951. The van der Waals surface area contributed by atoms with Gasteiger partial charge >= 0.3 is 0 Å². The van der Waals surface area contributed by atoms with Crippen molar-refractivity contribution in [3.8, 4) is 11.5 Å². The quantitative estimate of drug-likeness (QED) is 0.906. The highest BCUT2D eigenvalue weighted by Gasteiger charge is 2.31. The first-order chi connectivity index (χ1) is 10.0. The number of hydrogen-bond acceptors (Lipinski definition) is 4. The van der Waals surface area contributed by atoms with Crippen LogP contribution in [0.1, 0.15) is 38.3 Å². The van der Waals surface area contributed by atoms with E-state index in [1.54, 1.807) is 14.2 Å². The molecule has 0 aliphatic carbocycles. The average Bonchev–Trinajstić information content (AvgIpc) is 2.49. The predicted molar refractivity (Wildman–Crippen MR) is 85.9 cm³/mol. The van der Waals surface area contributed by atoms with Gasteiger partial charge in [0.15, 0.2) is 11.5 Å². The fourth-order valence-electron chi connectivity index (χ4n) is 3.09. The molecule has 1 aliphatic rings. The van der Waals surface area contributed by atoms with Gasteiger partial charge in [-0.1, -0.05) is 26.0 Å². The van der Waals surface area contributed by atoms with Crippen LogP contribution in [0.25, 0.3) is 0 Å². The lowest BCUT2D eigenvalue weighted by Gasteiger charge is -2.41. The van der Waals surface area contributed by atoms with Gasteiger partial charge in [-0.15, -0.1) is 0 Å². The van der Waals surface area contributed by atoms with Gasteiger partial charge in [0.05, 0.1) is 20.3 Å². The summed E-state index contributed by atoms with van der Waals surface area (Å²) in [5, 5.41) is 0. The van der Waals surface area contributed by atoms with E-state index in [1.807, 2.05) is 12.1 Å². The molecule has 0 radical (unpaired) electrons. The van der Waals surface area contributed by atoms with Crippen molar-refractivity contribution >= 4 is 0 Å². The lowest BCUT2D eigenvalue weighted by atomic mass is 9.82. The van der Waals surface area contributed by atoms with Gasteiger partial charge in [-0.2, -0.15) is 0 Å². The molecule has 1 unspecified atom stereocenters. The molecule has 2 N–H and O–H groups in total. The van der Waals surface area contributed by atoms with Crippen molar-refractivity contribution in [2.24, 2.45) is 11.1 Å². The number of nitrogens with zero attached hydrogens (tertiary/aromatic N) is 1. The van der Waals surface area contributed by atoms with E-state index in [-0.39, 0.29) is 6.04 Å². The number of para-hydroxylation sites is 1. The molecular weight excluding hydrogens is 264 g/mol. The van der Waals surface area contributed by atoms with E-state index < -0.39 is 0 Å². The van der Waals surface area contributed by atoms with Crippen LogP contribution in [0.2, 0.25) is 0 Å². The first-order valence-electron chi connectivity index (χ1n) is 7.67. The summed E-state index contributed by atoms with van der Waals surface area (Å²) in [6.45, 7) is 7.43. The first kappa shape index (κ1) is 16.1. The second kappa shape index (κ2) is 6.67. The van der Waals surface area contributed by atoms with Crippen LogP contribution in [-0.4, -0.2) is 38.8 Å². The number of piperidine rings is 1. The second-order valence-electron chi connectivity index (χ2n) is 6.53. The minimum atomic E-state index is 0.186. The Bertz CT molecular complexity index is 464. The van der Waals surface area contributed by atoms with E-state index in [0.717, 1.165) is 30.2 Å². The summed E-state index contributed by atoms with van der Waals surface area (Å²) >= 11 is 0. The number of nitrogens with two attached hydrogens (primary N) is 1. The molecule has 0 aromatic heterocycles. The van der Waals surface area contributed by atoms with Crippen molar-refractivity contribution in [1.29, 1.82) is 0 Å². The number of benzene rings is 1. The molecule has 21 heavy (non-hydrogen) atoms. The van der Waals surface area contributed by atoms with Crippen molar-refractivity contribution in [3.05, 3.63) is 23.8 Å². The minimum absolute atomic E-state index is 0.186. The zero-order valence-corrected chi connectivity index (χ0v) is 13.7. The Kier molecular flexibility index (Phi) is 5.12. The summed E-state index contributed by atoms with van der Waals surface area (Å²) in [5.41, 5.74) is 7.64. The van der Waals surface area contributed by atoms with Crippen LogP contribution >= 0.6 is 0 Å². The number of hydrogen-bond donors (Lipinski definition) is 1. The van der Waals surface area contributed by atoms with Gasteiger partial charge in [0, 0.05) is 12.1 Å². The molecule has 1 heterocycles. The third-order valence-corrected chi connectivity index (χ3v) is 4.61. The summed E-state index contributed by atoms with van der Waals surface area (Å²) in [7, 11) is 3.36. The van der Waals surface area contributed by atoms with Crippen molar-refractivity contribution < 1.29 is 9.47 Å². The standard InChI is InChI=1S/C17H28N2O2/c1-17(2)8-10-19(11-9-17)14(12-18)13-6-5-7-15(20-3)16(13)21-4/h5-7,14H,8-12,18H2,1-4H3. The van der Waals surface area contributed by atoms with Crippen LogP contribution in [0.3, 0.4) is 0 Å². The summed E-state index contributed by atoms with van der Waals surface area (Å²) < 4.78 is 11.0. The van der Waals surface area contributed by atoms with Crippen LogP contribution in [0.15, 0.2) is 18.2 Å². The SMILES string of the molecule is COc1cccc(C(CN)N2CCC(C)(C)CC2)c1OC. The topological polar surface area (TPSA) is 47.7 Å². The molecule has 2 rings (SSSR count). The Morgan fingerprint density at radius 3 is 2.38 bits per heavy atom. The Hall–Kier alpha value is -1.26. The third kappa shape index (κ3) is 3.50. The van der Waals surface area contributed by atoms with Crippen LogP contribution in [0.5, 0.6) is 11.5 Å². The maximum absolute atomic E-state index is 6.08. The number of likely N-dealkylation sites (tertiary alicyclic amines) is 1. The minimum Gasteiger partial charge on any atom is -0.493 e. The fraction of sp³-hybridized carbons (Fsp3) is 0.647. The average molecular weight is 292 g/mol. The van der Waals surface area contributed by atoms with Gasteiger partial charge in [-0.3, -0.25) is 4.90 Å². The molecule has 0 bridgehead atoms. The second-order valence-corrected chi connectivity index (χ2v) is 6.53. The molecule has 0 saturated carbocycles. The molecule has 4 nitrogen and oxygen atoms in total. The molecule has 118 valence electrons.